The van der Waals surface area contributed by atoms with Crippen LogP contribution in [0.2, 0.25) is 0 Å². The van der Waals surface area contributed by atoms with Crippen molar-refractivity contribution in [2.75, 3.05) is 33.7 Å². The molecule has 0 aliphatic carbocycles. The van der Waals surface area contributed by atoms with Crippen LogP contribution in [0.15, 0.2) is 0 Å². The van der Waals surface area contributed by atoms with Gasteiger partial charge in [0.25, 0.3) is 0 Å². The van der Waals surface area contributed by atoms with Crippen LogP contribution in [0.4, 0.5) is 4.79 Å². The fraction of sp³-hybridized carbons (Fsp3) is 0.778. The molecule has 0 aromatic heterocycles. The SMILES string of the molecule is CNC(=O)NC(=O)CN(C)C1CCNC1.Cl. The first-order valence-electron chi connectivity index (χ1n) is 5.06. The van der Waals surface area contributed by atoms with Gasteiger partial charge in [0, 0.05) is 19.6 Å². The molecular weight excluding hydrogens is 232 g/mol. The van der Waals surface area contributed by atoms with Gasteiger partial charge in [-0.05, 0) is 20.0 Å². The molecule has 7 heteroatoms. The molecule has 3 amide bonds. The maximum atomic E-state index is 11.3. The number of likely N-dealkylation sites (N-methyl/N-ethyl adjacent to an activating group) is 1. The molecule has 94 valence electrons. The van der Waals surface area contributed by atoms with Crippen LogP contribution in [-0.2, 0) is 4.79 Å². The van der Waals surface area contributed by atoms with Crippen molar-refractivity contribution in [3.63, 3.8) is 0 Å². The lowest BCUT2D eigenvalue weighted by atomic mass is 10.2. The zero-order valence-corrected chi connectivity index (χ0v) is 10.4. The molecule has 0 aromatic rings. The van der Waals surface area contributed by atoms with Crippen molar-refractivity contribution in [3.8, 4) is 0 Å². The molecule has 1 unspecified atom stereocenters. The molecule has 0 aromatic carbocycles. The van der Waals surface area contributed by atoms with Gasteiger partial charge in [-0.2, -0.15) is 0 Å². The van der Waals surface area contributed by atoms with Crippen LogP contribution in [0, 0.1) is 0 Å². The number of halogens is 1. The smallest absolute Gasteiger partial charge is 0.321 e. The molecule has 16 heavy (non-hydrogen) atoms. The van der Waals surface area contributed by atoms with Crippen molar-refractivity contribution in [3.05, 3.63) is 0 Å². The van der Waals surface area contributed by atoms with Gasteiger partial charge in [-0.15, -0.1) is 12.4 Å². The first-order chi connectivity index (χ1) is 7.13. The van der Waals surface area contributed by atoms with E-state index < -0.39 is 6.03 Å². The summed E-state index contributed by atoms with van der Waals surface area (Å²) in [6, 6.07) is -0.0709. The van der Waals surface area contributed by atoms with Crippen molar-refractivity contribution in [2.24, 2.45) is 0 Å². The summed E-state index contributed by atoms with van der Waals surface area (Å²) in [5, 5.41) is 7.80. The van der Waals surface area contributed by atoms with Crippen LogP contribution in [0.3, 0.4) is 0 Å². The van der Waals surface area contributed by atoms with Gasteiger partial charge in [0.05, 0.1) is 6.54 Å². The number of rotatable bonds is 3. The predicted molar refractivity (Wildman–Crippen MR) is 63.8 cm³/mol. The highest BCUT2D eigenvalue weighted by Crippen LogP contribution is 2.04. The minimum absolute atomic E-state index is 0. The highest BCUT2D eigenvalue weighted by molar-refractivity contribution is 5.95. The highest BCUT2D eigenvalue weighted by Gasteiger charge is 2.21. The quantitative estimate of drug-likeness (QED) is 0.611. The van der Waals surface area contributed by atoms with Crippen molar-refractivity contribution < 1.29 is 9.59 Å². The molecule has 1 aliphatic heterocycles. The van der Waals surface area contributed by atoms with E-state index in [1.54, 1.807) is 0 Å². The zero-order valence-electron chi connectivity index (χ0n) is 9.58. The molecule has 1 heterocycles. The van der Waals surface area contributed by atoms with Crippen molar-refractivity contribution >= 4 is 24.3 Å². The molecule has 0 bridgehead atoms. The zero-order chi connectivity index (χ0) is 11.3. The molecule has 6 nitrogen and oxygen atoms in total. The number of urea groups is 1. The normalized spacial score (nSPS) is 19.1. The topological polar surface area (TPSA) is 73.5 Å². The molecule has 3 N–H and O–H groups in total. The van der Waals surface area contributed by atoms with Gasteiger partial charge in [0.15, 0.2) is 0 Å². The van der Waals surface area contributed by atoms with Crippen LogP contribution < -0.4 is 16.0 Å². The maximum Gasteiger partial charge on any atom is 0.321 e. The third-order valence-electron chi connectivity index (χ3n) is 2.53. The van der Waals surface area contributed by atoms with E-state index in [-0.39, 0.29) is 24.9 Å². The molecule has 0 spiro atoms. The average molecular weight is 251 g/mol. The van der Waals surface area contributed by atoms with E-state index in [1.165, 1.54) is 7.05 Å². The molecule has 1 rings (SSSR count). The maximum absolute atomic E-state index is 11.3. The second-order valence-electron chi connectivity index (χ2n) is 3.69. The van der Waals surface area contributed by atoms with Gasteiger partial charge >= 0.3 is 6.03 Å². The fourth-order valence-electron chi connectivity index (χ4n) is 1.60. The monoisotopic (exact) mass is 250 g/mol. The third-order valence-corrected chi connectivity index (χ3v) is 2.53. The Labute approximate surface area is 102 Å². The minimum atomic E-state index is -0.460. The van der Waals surface area contributed by atoms with Gasteiger partial charge in [-0.1, -0.05) is 0 Å². The number of carbonyl (C=O) groups excluding carboxylic acids is 2. The van der Waals surface area contributed by atoms with Crippen LogP contribution in [-0.4, -0.2) is 56.6 Å². The van der Waals surface area contributed by atoms with Gasteiger partial charge in [0.1, 0.15) is 0 Å². The Morgan fingerprint density at radius 1 is 1.50 bits per heavy atom. The number of nitrogens with one attached hydrogen (secondary N) is 3. The summed E-state index contributed by atoms with van der Waals surface area (Å²) in [6.45, 7) is 2.15. The van der Waals surface area contributed by atoms with Crippen molar-refractivity contribution in [1.82, 2.24) is 20.9 Å². The van der Waals surface area contributed by atoms with E-state index in [4.69, 9.17) is 0 Å². The standard InChI is InChI=1S/C9H18N4O2.ClH/c1-10-9(15)12-8(14)6-13(2)7-3-4-11-5-7;/h7,11H,3-6H2,1-2H3,(H2,10,12,14,15);1H. The van der Waals surface area contributed by atoms with Crippen LogP contribution in [0.1, 0.15) is 6.42 Å². The van der Waals surface area contributed by atoms with Crippen LogP contribution in [0.25, 0.3) is 0 Å². The van der Waals surface area contributed by atoms with Gasteiger partial charge in [-0.3, -0.25) is 15.0 Å². The second kappa shape index (κ2) is 7.43. The summed E-state index contributed by atoms with van der Waals surface area (Å²) in [7, 11) is 3.37. The second-order valence-corrected chi connectivity index (χ2v) is 3.69. The van der Waals surface area contributed by atoms with Gasteiger partial charge < -0.3 is 10.6 Å². The summed E-state index contributed by atoms with van der Waals surface area (Å²) in [5.74, 6) is -0.274. The van der Waals surface area contributed by atoms with E-state index in [0.29, 0.717) is 6.04 Å². The number of hydrogen-bond acceptors (Lipinski definition) is 4. The summed E-state index contributed by atoms with van der Waals surface area (Å²) < 4.78 is 0. The van der Waals surface area contributed by atoms with Gasteiger partial charge in [0.2, 0.25) is 5.91 Å². The molecule has 1 fully saturated rings. The number of imide groups is 1. The number of hydrogen-bond donors (Lipinski definition) is 3. The van der Waals surface area contributed by atoms with Crippen molar-refractivity contribution in [1.29, 1.82) is 0 Å². The predicted octanol–water partition coefficient (Wildman–Crippen LogP) is -0.842. The average Bonchev–Trinajstić information content (AvgIpc) is 2.70. The Morgan fingerprint density at radius 2 is 2.19 bits per heavy atom. The Hall–Kier alpha value is -0.850. The minimum Gasteiger partial charge on any atom is -0.341 e. The highest BCUT2D eigenvalue weighted by atomic mass is 35.5. The summed E-state index contributed by atoms with van der Waals surface area (Å²) in [6.07, 6.45) is 1.05. The largest absolute Gasteiger partial charge is 0.341 e. The molecule has 1 atom stereocenters. The van der Waals surface area contributed by atoms with Crippen molar-refractivity contribution in [2.45, 2.75) is 12.5 Å². The first-order valence-corrected chi connectivity index (χ1v) is 5.06. The molecule has 0 saturated carbocycles. The molecular formula is C9H19ClN4O2. The van der Waals surface area contributed by atoms with E-state index >= 15 is 0 Å². The number of carbonyl (C=O) groups is 2. The lowest BCUT2D eigenvalue weighted by molar-refractivity contribution is -0.121. The molecule has 0 radical (unpaired) electrons. The third kappa shape index (κ3) is 4.78. The first kappa shape index (κ1) is 15.2. The van der Waals surface area contributed by atoms with E-state index in [2.05, 4.69) is 16.0 Å². The fourth-order valence-corrected chi connectivity index (χ4v) is 1.60. The molecule has 1 aliphatic rings. The van der Waals surface area contributed by atoms with E-state index in [1.807, 2.05) is 11.9 Å². The lowest BCUT2D eigenvalue weighted by Crippen LogP contribution is -2.45. The number of amides is 3. The number of nitrogens with zero attached hydrogens (tertiary/aromatic N) is 1. The lowest BCUT2D eigenvalue weighted by Gasteiger charge is -2.22. The van der Waals surface area contributed by atoms with E-state index in [0.717, 1.165) is 19.5 Å². The summed E-state index contributed by atoms with van der Waals surface area (Å²) in [4.78, 5) is 24.2. The summed E-state index contributed by atoms with van der Waals surface area (Å²) >= 11 is 0. The van der Waals surface area contributed by atoms with E-state index in [9.17, 15) is 9.59 Å². The molecule has 1 saturated heterocycles. The Morgan fingerprint density at radius 3 is 2.69 bits per heavy atom. The summed E-state index contributed by atoms with van der Waals surface area (Å²) in [5.41, 5.74) is 0. The Bertz CT molecular complexity index is 244. The van der Waals surface area contributed by atoms with Gasteiger partial charge in [-0.25, -0.2) is 4.79 Å². The van der Waals surface area contributed by atoms with Crippen LogP contribution in [0.5, 0.6) is 0 Å². The van der Waals surface area contributed by atoms with Crippen LogP contribution >= 0.6 is 12.4 Å². The Kier molecular flexibility index (Phi) is 7.03. The Balaban J connectivity index is 0.00000225.